The summed E-state index contributed by atoms with van der Waals surface area (Å²) in [4.78, 5) is 24.8. The number of anilines is 2. The fourth-order valence-electron chi connectivity index (χ4n) is 3.24. The number of carbonyl (C=O) groups excluding carboxylic acids is 2. The predicted molar refractivity (Wildman–Crippen MR) is 119 cm³/mol. The van der Waals surface area contributed by atoms with E-state index in [1.54, 1.807) is 24.3 Å². The van der Waals surface area contributed by atoms with Gasteiger partial charge in [-0.3, -0.25) is 4.79 Å². The average Bonchev–Trinajstić information content (AvgIpc) is 2.77. The Kier molecular flexibility index (Phi) is 6.03. The molecule has 3 N–H and O–H groups in total. The maximum Gasteiger partial charge on any atom is 0.323 e. The molecule has 0 atom stereocenters. The molecule has 0 unspecified atom stereocenters. The van der Waals surface area contributed by atoms with Gasteiger partial charge in [0, 0.05) is 23.5 Å². The van der Waals surface area contributed by atoms with E-state index in [0.29, 0.717) is 42.5 Å². The van der Waals surface area contributed by atoms with Gasteiger partial charge in [-0.05, 0) is 60.5 Å². The van der Waals surface area contributed by atoms with E-state index in [9.17, 15) is 9.59 Å². The van der Waals surface area contributed by atoms with E-state index < -0.39 is 0 Å². The van der Waals surface area contributed by atoms with E-state index in [1.165, 1.54) is 0 Å². The first kappa shape index (κ1) is 20.3. The largest absolute Gasteiger partial charge is 0.486 e. The summed E-state index contributed by atoms with van der Waals surface area (Å²) in [5.74, 6) is 1.00. The number of urea groups is 1. The molecular weight excluding hydrogens is 394 g/mol. The zero-order valence-corrected chi connectivity index (χ0v) is 17.1. The summed E-state index contributed by atoms with van der Waals surface area (Å²) in [6.07, 6.45) is 0. The van der Waals surface area contributed by atoms with Crippen LogP contribution in [-0.4, -0.2) is 25.2 Å². The molecule has 0 fully saturated rings. The second kappa shape index (κ2) is 9.21. The monoisotopic (exact) mass is 417 g/mol. The minimum atomic E-state index is -0.330. The molecule has 158 valence electrons. The predicted octanol–water partition coefficient (Wildman–Crippen LogP) is 4.34. The van der Waals surface area contributed by atoms with Crippen molar-refractivity contribution in [1.82, 2.24) is 5.32 Å². The van der Waals surface area contributed by atoms with Crippen LogP contribution in [0.25, 0.3) is 0 Å². The minimum absolute atomic E-state index is 0.215. The van der Waals surface area contributed by atoms with Crippen LogP contribution in [0, 0.1) is 6.92 Å². The summed E-state index contributed by atoms with van der Waals surface area (Å²) in [6.45, 7) is 3.26. The fraction of sp³-hybridized carbons (Fsp3) is 0.167. The molecule has 0 spiro atoms. The first-order chi connectivity index (χ1) is 15.1. The molecule has 0 aliphatic carbocycles. The van der Waals surface area contributed by atoms with Crippen molar-refractivity contribution < 1.29 is 19.1 Å². The van der Waals surface area contributed by atoms with E-state index >= 15 is 0 Å². The van der Waals surface area contributed by atoms with E-state index in [-0.39, 0.29) is 11.9 Å². The number of nitrogens with one attached hydrogen (secondary N) is 3. The summed E-state index contributed by atoms with van der Waals surface area (Å²) in [6, 6.07) is 19.7. The van der Waals surface area contributed by atoms with Crippen molar-refractivity contribution in [2.75, 3.05) is 23.8 Å². The molecule has 0 saturated heterocycles. The standard InChI is InChI=1S/C24H23N3O4/c1-16-4-2-6-19(12-16)26-24(29)27-20-7-3-5-17(13-20)15-25-23(28)18-8-9-21-22(14-18)31-11-10-30-21/h2-9,12-14H,10-11,15H2,1H3,(H,25,28)(H2,26,27,29). The zero-order chi connectivity index (χ0) is 21.6. The minimum Gasteiger partial charge on any atom is -0.486 e. The summed E-state index contributed by atoms with van der Waals surface area (Å²) >= 11 is 0. The van der Waals surface area contributed by atoms with Gasteiger partial charge in [-0.2, -0.15) is 0 Å². The van der Waals surface area contributed by atoms with Gasteiger partial charge in [-0.1, -0.05) is 24.3 Å². The van der Waals surface area contributed by atoms with Crippen molar-refractivity contribution >= 4 is 23.3 Å². The Hall–Kier alpha value is -4.00. The molecule has 7 nitrogen and oxygen atoms in total. The van der Waals surface area contributed by atoms with Crippen LogP contribution in [0.4, 0.5) is 16.2 Å². The lowest BCUT2D eigenvalue weighted by Gasteiger charge is -2.18. The van der Waals surface area contributed by atoms with Crippen LogP contribution in [-0.2, 0) is 6.54 Å². The van der Waals surface area contributed by atoms with Crippen LogP contribution in [0.2, 0.25) is 0 Å². The molecule has 1 aliphatic rings. The van der Waals surface area contributed by atoms with Gasteiger partial charge in [-0.25, -0.2) is 4.79 Å². The van der Waals surface area contributed by atoms with Gasteiger partial charge in [0.15, 0.2) is 11.5 Å². The number of ether oxygens (including phenoxy) is 2. The number of hydrogen-bond acceptors (Lipinski definition) is 4. The number of rotatable bonds is 5. The van der Waals surface area contributed by atoms with Crippen molar-refractivity contribution in [3.8, 4) is 11.5 Å². The topological polar surface area (TPSA) is 88.7 Å². The van der Waals surface area contributed by atoms with Crippen LogP contribution < -0.4 is 25.4 Å². The number of benzene rings is 3. The summed E-state index contributed by atoms with van der Waals surface area (Å²) in [5.41, 5.74) is 3.78. The molecular formula is C24H23N3O4. The maximum absolute atomic E-state index is 12.5. The second-order valence-electron chi connectivity index (χ2n) is 7.19. The Balaban J connectivity index is 1.34. The van der Waals surface area contributed by atoms with Crippen molar-refractivity contribution in [1.29, 1.82) is 0 Å². The van der Waals surface area contributed by atoms with E-state index in [0.717, 1.165) is 16.8 Å². The highest BCUT2D eigenvalue weighted by molar-refractivity contribution is 5.99. The van der Waals surface area contributed by atoms with E-state index in [4.69, 9.17) is 9.47 Å². The third kappa shape index (κ3) is 5.33. The van der Waals surface area contributed by atoms with Gasteiger partial charge in [0.25, 0.3) is 5.91 Å². The lowest BCUT2D eigenvalue weighted by atomic mass is 10.1. The highest BCUT2D eigenvalue weighted by Crippen LogP contribution is 2.30. The summed E-state index contributed by atoms with van der Waals surface area (Å²) in [7, 11) is 0. The quantitative estimate of drug-likeness (QED) is 0.576. The van der Waals surface area contributed by atoms with E-state index in [1.807, 2.05) is 49.4 Å². The molecule has 7 heteroatoms. The molecule has 3 aromatic rings. The van der Waals surface area contributed by atoms with Crippen molar-refractivity contribution in [3.05, 3.63) is 83.4 Å². The first-order valence-corrected chi connectivity index (χ1v) is 9.98. The van der Waals surface area contributed by atoms with Gasteiger partial charge >= 0.3 is 6.03 Å². The van der Waals surface area contributed by atoms with Gasteiger partial charge in [-0.15, -0.1) is 0 Å². The Morgan fingerprint density at radius 3 is 2.32 bits per heavy atom. The van der Waals surface area contributed by atoms with Crippen molar-refractivity contribution in [2.24, 2.45) is 0 Å². The van der Waals surface area contributed by atoms with Crippen LogP contribution in [0.5, 0.6) is 11.5 Å². The van der Waals surface area contributed by atoms with E-state index in [2.05, 4.69) is 16.0 Å². The number of carbonyl (C=O) groups is 2. The number of hydrogen-bond donors (Lipinski definition) is 3. The molecule has 4 rings (SSSR count). The van der Waals surface area contributed by atoms with Gasteiger partial charge in [0.2, 0.25) is 0 Å². The zero-order valence-electron chi connectivity index (χ0n) is 17.1. The van der Waals surface area contributed by atoms with Gasteiger partial charge in [0.05, 0.1) is 0 Å². The average molecular weight is 417 g/mol. The smallest absolute Gasteiger partial charge is 0.323 e. The summed E-state index contributed by atoms with van der Waals surface area (Å²) < 4.78 is 11.0. The molecule has 0 aromatic heterocycles. The normalized spacial score (nSPS) is 12.0. The van der Waals surface area contributed by atoms with Crippen molar-refractivity contribution in [3.63, 3.8) is 0 Å². The molecule has 31 heavy (non-hydrogen) atoms. The molecule has 0 saturated carbocycles. The van der Waals surface area contributed by atoms with Crippen LogP contribution in [0.1, 0.15) is 21.5 Å². The number of fused-ring (bicyclic) bond motifs is 1. The Labute approximate surface area is 180 Å². The van der Waals surface area contributed by atoms with Crippen LogP contribution in [0.15, 0.2) is 66.7 Å². The number of amides is 3. The van der Waals surface area contributed by atoms with Gasteiger partial charge < -0.3 is 25.4 Å². The Morgan fingerprint density at radius 2 is 1.55 bits per heavy atom. The third-order valence-electron chi connectivity index (χ3n) is 4.72. The molecule has 3 aromatic carbocycles. The summed E-state index contributed by atoms with van der Waals surface area (Å²) in [5, 5.41) is 8.50. The molecule has 3 amide bonds. The van der Waals surface area contributed by atoms with Crippen LogP contribution >= 0.6 is 0 Å². The Morgan fingerprint density at radius 1 is 0.839 bits per heavy atom. The SMILES string of the molecule is Cc1cccc(NC(=O)Nc2cccc(CNC(=O)c3ccc4c(c3)OCCO4)c2)c1. The molecule has 1 heterocycles. The molecule has 0 radical (unpaired) electrons. The lowest BCUT2D eigenvalue weighted by Crippen LogP contribution is -2.24. The third-order valence-corrected chi connectivity index (χ3v) is 4.72. The number of aryl methyl sites for hydroxylation is 1. The van der Waals surface area contributed by atoms with Crippen molar-refractivity contribution in [2.45, 2.75) is 13.5 Å². The highest BCUT2D eigenvalue weighted by Gasteiger charge is 2.15. The molecule has 1 aliphatic heterocycles. The van der Waals surface area contributed by atoms with Crippen LogP contribution in [0.3, 0.4) is 0 Å². The highest BCUT2D eigenvalue weighted by atomic mass is 16.6. The second-order valence-corrected chi connectivity index (χ2v) is 7.19. The fourth-order valence-corrected chi connectivity index (χ4v) is 3.24. The first-order valence-electron chi connectivity index (χ1n) is 9.98. The lowest BCUT2D eigenvalue weighted by molar-refractivity contribution is 0.0949. The Bertz CT molecular complexity index is 1110. The maximum atomic E-state index is 12.5. The molecule has 0 bridgehead atoms. The van der Waals surface area contributed by atoms with Gasteiger partial charge in [0.1, 0.15) is 13.2 Å².